The molecule has 0 aliphatic carbocycles. The lowest BCUT2D eigenvalue weighted by molar-refractivity contribution is 0.670. The van der Waals surface area contributed by atoms with Crippen molar-refractivity contribution in [3.05, 3.63) is 206 Å². The summed E-state index contributed by atoms with van der Waals surface area (Å²) < 4.78 is 13.4. The molecule has 0 saturated carbocycles. The monoisotopic (exact) mass is 790 g/mol. The van der Waals surface area contributed by atoms with Gasteiger partial charge in [-0.15, -0.1) is 0 Å². The van der Waals surface area contributed by atoms with Crippen molar-refractivity contribution in [2.75, 3.05) is 0 Å². The van der Waals surface area contributed by atoms with Gasteiger partial charge in [0.15, 0.2) is 0 Å². The first-order valence-corrected chi connectivity index (χ1v) is 21.0. The van der Waals surface area contributed by atoms with Crippen LogP contribution in [0.1, 0.15) is 0 Å². The molecule has 4 heteroatoms. The van der Waals surface area contributed by atoms with E-state index < -0.39 is 0 Å². The van der Waals surface area contributed by atoms with Gasteiger partial charge in [0.1, 0.15) is 22.3 Å². The van der Waals surface area contributed by atoms with Crippen LogP contribution in [0.3, 0.4) is 0 Å². The maximum Gasteiger partial charge on any atom is 0.143 e. The van der Waals surface area contributed by atoms with Gasteiger partial charge in [-0.1, -0.05) is 176 Å². The van der Waals surface area contributed by atoms with E-state index in [-0.39, 0.29) is 0 Å². The number of hydrogen-bond donors (Lipinski definition) is 0. The topological polar surface area (TPSA) is 52.1 Å². The lowest BCUT2D eigenvalue weighted by Crippen LogP contribution is -1.97. The Morgan fingerprint density at radius 3 is 1.31 bits per heavy atom. The number of nitrogens with zero attached hydrogens (tertiary/aromatic N) is 2. The minimum Gasteiger partial charge on any atom is -0.455 e. The first kappa shape index (κ1) is 34.5. The average molecular weight is 791 g/mol. The molecule has 10 aromatic carbocycles. The lowest BCUT2D eigenvalue weighted by atomic mass is 9.88. The highest BCUT2D eigenvalue weighted by Crippen LogP contribution is 2.47. The number of para-hydroxylation sites is 4. The van der Waals surface area contributed by atoms with Crippen molar-refractivity contribution in [2.45, 2.75) is 0 Å². The van der Waals surface area contributed by atoms with Crippen molar-refractivity contribution in [2.24, 2.45) is 0 Å². The van der Waals surface area contributed by atoms with E-state index in [4.69, 9.17) is 18.8 Å². The minimum atomic E-state index is 0.759. The Morgan fingerprint density at radius 1 is 0.306 bits per heavy atom. The van der Waals surface area contributed by atoms with Crippen LogP contribution < -0.4 is 0 Å². The Hall–Kier alpha value is -8.34. The van der Waals surface area contributed by atoms with Crippen LogP contribution in [0, 0.1) is 0 Å². The maximum absolute atomic E-state index is 6.71. The maximum atomic E-state index is 6.71. The molecule has 0 fully saturated rings. The summed E-state index contributed by atoms with van der Waals surface area (Å²) in [7, 11) is 0. The minimum absolute atomic E-state index is 0.759. The van der Waals surface area contributed by atoms with Crippen molar-refractivity contribution >= 4 is 76.5 Å². The smallest absolute Gasteiger partial charge is 0.143 e. The fourth-order valence-corrected chi connectivity index (χ4v) is 9.66. The fourth-order valence-electron chi connectivity index (χ4n) is 9.66. The molecule has 0 aliphatic rings. The second-order valence-electron chi connectivity index (χ2n) is 16.0. The molecule has 0 saturated heterocycles. The molecular weight excluding hydrogens is 757 g/mol. The van der Waals surface area contributed by atoms with Gasteiger partial charge in [-0.25, -0.2) is 4.98 Å². The van der Waals surface area contributed by atoms with E-state index in [2.05, 4.69) is 176 Å². The Labute approximate surface area is 356 Å². The van der Waals surface area contributed by atoms with Crippen LogP contribution in [0.4, 0.5) is 0 Å². The molecule has 0 radical (unpaired) electrons. The molecule has 3 aromatic heterocycles. The second-order valence-corrected chi connectivity index (χ2v) is 16.0. The quantitative estimate of drug-likeness (QED) is 0.163. The van der Waals surface area contributed by atoms with Crippen LogP contribution in [0.5, 0.6) is 0 Å². The lowest BCUT2D eigenvalue weighted by Gasteiger charge is -2.17. The standard InChI is InChI=1S/C58H34N2O2/c1-3-14-35(15-4-1)37-28-30-39-40-31-29-38(36-16-5-2-6-17-36)33-50(40)56-55(49(39)32-37)59-34-51(60-56)54-43(47-24-12-22-45-41-18-7-9-26-52(41)61-57(45)47)20-11-21-44(54)48-25-13-23-46-42-19-8-10-27-53(42)62-58(46)48/h1-34H. The molecule has 13 rings (SSSR count). The predicted molar refractivity (Wildman–Crippen MR) is 256 cm³/mol. The zero-order valence-electron chi connectivity index (χ0n) is 33.3. The Balaban J connectivity index is 1.14. The zero-order chi connectivity index (χ0) is 40.7. The van der Waals surface area contributed by atoms with E-state index in [0.29, 0.717) is 0 Å². The number of fused-ring (bicyclic) bond motifs is 12. The molecule has 0 unspecified atom stereocenters. The van der Waals surface area contributed by atoms with E-state index >= 15 is 0 Å². The summed E-state index contributed by atoms with van der Waals surface area (Å²) in [5, 5.41) is 8.69. The summed E-state index contributed by atoms with van der Waals surface area (Å²) in [5.41, 5.74) is 15.3. The molecule has 13 aromatic rings. The second kappa shape index (κ2) is 13.6. The average Bonchev–Trinajstić information content (AvgIpc) is 3.93. The number of benzene rings is 10. The van der Waals surface area contributed by atoms with Gasteiger partial charge in [0.25, 0.3) is 0 Å². The fraction of sp³-hybridized carbons (Fsp3) is 0. The van der Waals surface area contributed by atoms with Gasteiger partial charge in [0, 0.05) is 49.0 Å². The number of hydrogen-bond acceptors (Lipinski definition) is 4. The van der Waals surface area contributed by atoms with E-state index in [1.807, 2.05) is 30.5 Å². The highest BCUT2D eigenvalue weighted by atomic mass is 16.3. The first-order valence-electron chi connectivity index (χ1n) is 21.0. The van der Waals surface area contributed by atoms with Crippen LogP contribution in [0.25, 0.3) is 132 Å². The molecule has 4 nitrogen and oxygen atoms in total. The summed E-state index contributed by atoms with van der Waals surface area (Å²) >= 11 is 0. The van der Waals surface area contributed by atoms with E-state index in [1.165, 1.54) is 0 Å². The molecule has 62 heavy (non-hydrogen) atoms. The highest BCUT2D eigenvalue weighted by Gasteiger charge is 2.23. The predicted octanol–water partition coefficient (Wildman–Crippen LogP) is 16.1. The SMILES string of the molecule is c1ccc(-c2ccc3c4ccc(-c5ccccc5)cc4c4nc(-c5c(-c6cccc7c6oc6ccccc67)cccc5-c5cccc6c5oc5ccccc56)cnc4c3c2)cc1. The molecular formula is C58H34N2O2. The van der Waals surface area contributed by atoms with Crippen molar-refractivity contribution in [1.82, 2.24) is 9.97 Å². The van der Waals surface area contributed by atoms with Gasteiger partial charge in [-0.2, -0.15) is 0 Å². The van der Waals surface area contributed by atoms with Crippen molar-refractivity contribution in [1.29, 1.82) is 0 Å². The van der Waals surface area contributed by atoms with Crippen LogP contribution in [0.2, 0.25) is 0 Å². The third-order valence-electron chi connectivity index (χ3n) is 12.5. The molecule has 0 bridgehead atoms. The number of furan rings is 2. The van der Waals surface area contributed by atoms with Gasteiger partial charge >= 0.3 is 0 Å². The molecule has 0 spiro atoms. The van der Waals surface area contributed by atoms with E-state index in [0.717, 1.165) is 132 Å². The van der Waals surface area contributed by atoms with Gasteiger partial charge in [-0.3, -0.25) is 4.98 Å². The van der Waals surface area contributed by atoms with Crippen molar-refractivity contribution < 1.29 is 8.83 Å². The van der Waals surface area contributed by atoms with Crippen molar-refractivity contribution in [3.8, 4) is 55.8 Å². The van der Waals surface area contributed by atoms with Gasteiger partial charge in [0.05, 0.1) is 22.9 Å². The largest absolute Gasteiger partial charge is 0.455 e. The summed E-state index contributed by atoms with van der Waals surface area (Å²) in [6.07, 6.45) is 1.96. The molecule has 288 valence electrons. The highest BCUT2D eigenvalue weighted by molar-refractivity contribution is 6.24. The van der Waals surface area contributed by atoms with Gasteiger partial charge in [0.2, 0.25) is 0 Å². The number of aromatic nitrogens is 2. The van der Waals surface area contributed by atoms with E-state index in [9.17, 15) is 0 Å². The Bertz CT molecular complexity index is 3790. The molecule has 0 N–H and O–H groups in total. The summed E-state index contributed by atoms with van der Waals surface area (Å²) in [6.45, 7) is 0. The van der Waals surface area contributed by atoms with Crippen molar-refractivity contribution in [3.63, 3.8) is 0 Å². The van der Waals surface area contributed by atoms with Gasteiger partial charge in [-0.05, 0) is 68.4 Å². The number of rotatable bonds is 5. The molecule has 0 aliphatic heterocycles. The van der Waals surface area contributed by atoms with Crippen LogP contribution >= 0.6 is 0 Å². The third-order valence-corrected chi connectivity index (χ3v) is 12.5. The summed E-state index contributed by atoms with van der Waals surface area (Å²) in [4.78, 5) is 11.2. The van der Waals surface area contributed by atoms with Crippen LogP contribution in [-0.2, 0) is 0 Å². The van der Waals surface area contributed by atoms with Gasteiger partial charge < -0.3 is 8.83 Å². The zero-order valence-corrected chi connectivity index (χ0v) is 33.3. The van der Waals surface area contributed by atoms with Crippen LogP contribution in [-0.4, -0.2) is 9.97 Å². The Morgan fingerprint density at radius 2 is 0.758 bits per heavy atom. The molecule has 3 heterocycles. The van der Waals surface area contributed by atoms with Crippen LogP contribution in [0.15, 0.2) is 215 Å². The molecule has 0 amide bonds. The molecule has 0 atom stereocenters. The summed E-state index contributed by atoms with van der Waals surface area (Å²) in [5.74, 6) is 0. The summed E-state index contributed by atoms with van der Waals surface area (Å²) in [6, 6.07) is 70.4. The normalized spacial score (nSPS) is 11.9. The third kappa shape index (κ3) is 5.27. The Kier molecular flexibility index (Phi) is 7.57. The first-order chi connectivity index (χ1) is 30.7. The van der Waals surface area contributed by atoms with E-state index in [1.54, 1.807) is 0 Å².